The summed E-state index contributed by atoms with van der Waals surface area (Å²) in [4.78, 5) is 0. The van der Waals surface area contributed by atoms with E-state index < -0.39 is 0 Å². The molecule has 0 atom stereocenters. The Morgan fingerprint density at radius 1 is 0.464 bits per heavy atom. The predicted molar refractivity (Wildman–Crippen MR) is 131 cm³/mol. The third kappa shape index (κ3) is 6.33. The summed E-state index contributed by atoms with van der Waals surface area (Å²) in [6.07, 6.45) is 16.7. The lowest BCUT2D eigenvalue weighted by Gasteiger charge is -2.04. The molecule has 3 aromatic rings. The van der Waals surface area contributed by atoms with Gasteiger partial charge in [-0.1, -0.05) is 109 Å². The van der Waals surface area contributed by atoms with E-state index in [0.29, 0.717) is 0 Å². The Hall–Kier alpha value is -2.42. The van der Waals surface area contributed by atoms with Crippen LogP contribution in [0.5, 0.6) is 0 Å². The maximum Gasteiger partial charge on any atom is 0.0323 e. The Morgan fingerprint density at radius 2 is 0.821 bits per heavy atom. The van der Waals surface area contributed by atoms with E-state index in [-0.39, 0.29) is 0 Å². The molecule has 0 heterocycles. The van der Waals surface area contributed by atoms with Crippen molar-refractivity contribution in [3.8, 4) is 0 Å². The van der Waals surface area contributed by atoms with E-state index in [1.165, 1.54) is 11.1 Å². The molecule has 2 heteroatoms. The van der Waals surface area contributed by atoms with Crippen molar-refractivity contribution in [2.45, 2.75) is 0 Å². The van der Waals surface area contributed by atoms with Gasteiger partial charge in [-0.3, -0.25) is 0 Å². The summed E-state index contributed by atoms with van der Waals surface area (Å²) >= 11 is 7.20. The molecule has 0 aromatic heterocycles. The summed E-state index contributed by atoms with van der Waals surface area (Å²) in [6.45, 7) is 0. The number of benzene rings is 3. The third-order valence-electron chi connectivity index (χ3n) is 4.08. The second-order valence-electron chi connectivity index (χ2n) is 6.15. The second-order valence-corrected chi connectivity index (χ2v) is 7.86. The van der Waals surface area contributed by atoms with Crippen molar-refractivity contribution in [2.24, 2.45) is 0 Å². The number of rotatable bonds is 6. The number of allylic oxidation sites excluding steroid dienone is 4. The fourth-order valence-electron chi connectivity index (χ4n) is 2.65. The zero-order valence-corrected chi connectivity index (χ0v) is 18.5. The van der Waals surface area contributed by atoms with Crippen LogP contribution in [0.3, 0.4) is 0 Å². The molecule has 0 bridgehead atoms. The smallest absolute Gasteiger partial charge is 0.0323 e. The predicted octanol–water partition coefficient (Wildman–Crippen LogP) is 8.66. The molecule has 0 aliphatic rings. The maximum absolute atomic E-state index is 3.60. The third-order valence-corrected chi connectivity index (χ3v) is 5.92. The second kappa shape index (κ2) is 10.8. The van der Waals surface area contributed by atoms with Gasteiger partial charge in [0, 0.05) is 8.95 Å². The molecule has 3 aromatic carbocycles. The highest BCUT2D eigenvalue weighted by Crippen LogP contribution is 2.28. The highest BCUT2D eigenvalue weighted by molar-refractivity contribution is 9.13. The van der Waals surface area contributed by atoms with Crippen molar-refractivity contribution in [2.75, 3.05) is 0 Å². The van der Waals surface area contributed by atoms with E-state index in [4.69, 9.17) is 0 Å². The van der Waals surface area contributed by atoms with Gasteiger partial charge >= 0.3 is 0 Å². The molecule has 0 saturated carbocycles. The van der Waals surface area contributed by atoms with Crippen molar-refractivity contribution in [1.29, 1.82) is 0 Å². The summed E-state index contributed by atoms with van der Waals surface area (Å²) in [7, 11) is 0. The minimum Gasteiger partial charge on any atom is -0.0622 e. The van der Waals surface area contributed by atoms with Crippen molar-refractivity contribution in [1.82, 2.24) is 0 Å². The molecule has 0 N–H and O–H groups in total. The van der Waals surface area contributed by atoms with Crippen molar-refractivity contribution in [3.05, 3.63) is 128 Å². The Labute approximate surface area is 183 Å². The van der Waals surface area contributed by atoms with Crippen LogP contribution in [-0.4, -0.2) is 0 Å². The van der Waals surface area contributed by atoms with E-state index >= 15 is 0 Å². The van der Waals surface area contributed by atoms with Gasteiger partial charge in [-0.05, 0) is 66.2 Å². The summed E-state index contributed by atoms with van der Waals surface area (Å²) in [5.41, 5.74) is 4.68. The molecular formula is C26H20Br2. The van der Waals surface area contributed by atoms with Gasteiger partial charge in [0.2, 0.25) is 0 Å². The SMILES string of the molecule is Brc1cc(C=CC=Cc2ccccc2)c(C=CC=Cc2ccccc2)cc1Br. The zero-order valence-electron chi connectivity index (χ0n) is 15.3. The van der Waals surface area contributed by atoms with Crippen LogP contribution in [0.4, 0.5) is 0 Å². The first-order chi connectivity index (χ1) is 13.7. The summed E-state index contributed by atoms with van der Waals surface area (Å²) < 4.78 is 2.08. The van der Waals surface area contributed by atoms with Gasteiger partial charge in [-0.25, -0.2) is 0 Å². The largest absolute Gasteiger partial charge is 0.0622 e. The van der Waals surface area contributed by atoms with E-state index in [9.17, 15) is 0 Å². The lowest BCUT2D eigenvalue weighted by Crippen LogP contribution is -1.82. The van der Waals surface area contributed by atoms with Gasteiger partial charge in [0.1, 0.15) is 0 Å². The normalized spacial score (nSPS) is 12.1. The Kier molecular flexibility index (Phi) is 7.83. The Morgan fingerprint density at radius 3 is 1.21 bits per heavy atom. The van der Waals surface area contributed by atoms with E-state index in [2.05, 4.69) is 117 Å². The van der Waals surface area contributed by atoms with Crippen LogP contribution in [0.25, 0.3) is 24.3 Å². The molecule has 0 aliphatic heterocycles. The molecule has 28 heavy (non-hydrogen) atoms. The van der Waals surface area contributed by atoms with Crippen molar-refractivity contribution >= 4 is 56.2 Å². The standard InChI is InChI=1S/C26H20Br2/c27-25-19-23(17-9-7-15-21-11-3-1-4-12-21)24(20-26(25)28)18-10-8-16-22-13-5-2-6-14-22/h1-20H. The number of hydrogen-bond donors (Lipinski definition) is 0. The van der Waals surface area contributed by atoms with E-state index in [0.717, 1.165) is 20.1 Å². The minimum atomic E-state index is 1.04. The Bertz CT molecular complexity index is 927. The van der Waals surface area contributed by atoms with Crippen LogP contribution in [0.1, 0.15) is 22.3 Å². The number of hydrogen-bond acceptors (Lipinski definition) is 0. The Balaban J connectivity index is 1.76. The molecule has 0 radical (unpaired) electrons. The zero-order chi connectivity index (χ0) is 19.6. The molecule has 0 unspecified atom stereocenters. The molecule has 0 saturated heterocycles. The maximum atomic E-state index is 3.60. The molecule has 3 rings (SSSR count). The van der Waals surface area contributed by atoms with E-state index in [1.807, 2.05) is 36.4 Å². The summed E-state index contributed by atoms with van der Waals surface area (Å²) in [5.74, 6) is 0. The van der Waals surface area contributed by atoms with Crippen LogP contribution < -0.4 is 0 Å². The first-order valence-corrected chi connectivity index (χ1v) is 10.6. The molecular weight excluding hydrogens is 472 g/mol. The summed E-state index contributed by atoms with van der Waals surface area (Å²) in [6, 6.07) is 24.8. The number of halogens is 2. The van der Waals surface area contributed by atoms with Crippen LogP contribution in [0.2, 0.25) is 0 Å². The van der Waals surface area contributed by atoms with Crippen LogP contribution >= 0.6 is 31.9 Å². The summed E-state index contributed by atoms with van der Waals surface area (Å²) in [5, 5.41) is 0. The van der Waals surface area contributed by atoms with Gasteiger partial charge in [0.25, 0.3) is 0 Å². The topological polar surface area (TPSA) is 0 Å². The fourth-order valence-corrected chi connectivity index (χ4v) is 3.37. The van der Waals surface area contributed by atoms with E-state index in [1.54, 1.807) is 0 Å². The quantitative estimate of drug-likeness (QED) is 0.302. The van der Waals surface area contributed by atoms with Crippen molar-refractivity contribution in [3.63, 3.8) is 0 Å². The van der Waals surface area contributed by atoms with Gasteiger partial charge in [-0.2, -0.15) is 0 Å². The molecule has 0 nitrogen and oxygen atoms in total. The fraction of sp³-hybridized carbons (Fsp3) is 0. The van der Waals surface area contributed by atoms with Gasteiger partial charge in [0.15, 0.2) is 0 Å². The highest BCUT2D eigenvalue weighted by Gasteiger charge is 2.02. The molecule has 0 amide bonds. The molecule has 0 aliphatic carbocycles. The lowest BCUT2D eigenvalue weighted by atomic mass is 10.1. The van der Waals surface area contributed by atoms with Crippen LogP contribution in [-0.2, 0) is 0 Å². The molecule has 0 spiro atoms. The monoisotopic (exact) mass is 490 g/mol. The highest BCUT2D eigenvalue weighted by atomic mass is 79.9. The minimum absolute atomic E-state index is 1.04. The first-order valence-electron chi connectivity index (χ1n) is 9.01. The van der Waals surface area contributed by atoms with Gasteiger partial charge in [0.05, 0.1) is 0 Å². The first kappa shape index (κ1) is 20.3. The lowest BCUT2D eigenvalue weighted by molar-refractivity contribution is 1.52. The van der Waals surface area contributed by atoms with Crippen LogP contribution in [0.15, 0.2) is 106 Å². The van der Waals surface area contributed by atoms with Gasteiger partial charge < -0.3 is 0 Å². The van der Waals surface area contributed by atoms with Gasteiger partial charge in [-0.15, -0.1) is 0 Å². The van der Waals surface area contributed by atoms with Crippen LogP contribution in [0, 0.1) is 0 Å². The average Bonchev–Trinajstić information content (AvgIpc) is 2.73. The molecule has 138 valence electrons. The average molecular weight is 492 g/mol. The van der Waals surface area contributed by atoms with Crippen molar-refractivity contribution < 1.29 is 0 Å². The molecule has 0 fully saturated rings.